The Morgan fingerprint density at radius 2 is 1.94 bits per heavy atom. The van der Waals surface area contributed by atoms with Crippen molar-refractivity contribution in [3.8, 4) is 0 Å². The van der Waals surface area contributed by atoms with E-state index in [2.05, 4.69) is 53.2 Å². The molecule has 1 aromatic rings. The molecule has 1 N–H and O–H groups in total. The zero-order valence-corrected chi connectivity index (χ0v) is 12.0. The zero-order valence-electron chi connectivity index (χ0n) is 12.0. The van der Waals surface area contributed by atoms with E-state index >= 15 is 0 Å². The second-order valence-corrected chi connectivity index (χ2v) is 4.77. The standard InChI is InChI=1S/C13H25N5/c1-5-6-14-9-12-10-15-11-13(16-12)18(4)8-7-17(2)3/h10-11,14H,5-9H2,1-4H3. The fourth-order valence-electron chi connectivity index (χ4n) is 1.52. The van der Waals surface area contributed by atoms with Gasteiger partial charge in [0.15, 0.2) is 0 Å². The molecule has 102 valence electrons. The first kappa shape index (κ1) is 14.9. The number of likely N-dealkylation sites (N-methyl/N-ethyl adjacent to an activating group) is 2. The van der Waals surface area contributed by atoms with Crippen LogP contribution in [0.4, 0.5) is 5.82 Å². The predicted octanol–water partition coefficient (Wildman–Crippen LogP) is 0.974. The molecule has 5 heteroatoms. The van der Waals surface area contributed by atoms with Crippen molar-refractivity contribution in [3.63, 3.8) is 0 Å². The van der Waals surface area contributed by atoms with Gasteiger partial charge in [-0.25, -0.2) is 4.98 Å². The van der Waals surface area contributed by atoms with Crippen LogP contribution in [0.25, 0.3) is 0 Å². The molecule has 18 heavy (non-hydrogen) atoms. The molecule has 0 amide bonds. The molecule has 0 aliphatic carbocycles. The lowest BCUT2D eigenvalue weighted by atomic mass is 10.4. The average molecular weight is 251 g/mol. The first-order valence-corrected chi connectivity index (χ1v) is 6.51. The van der Waals surface area contributed by atoms with Gasteiger partial charge in [0.05, 0.1) is 11.9 Å². The van der Waals surface area contributed by atoms with Gasteiger partial charge in [0.2, 0.25) is 0 Å². The Morgan fingerprint density at radius 1 is 1.17 bits per heavy atom. The number of nitrogens with one attached hydrogen (secondary N) is 1. The highest BCUT2D eigenvalue weighted by Crippen LogP contribution is 2.07. The highest BCUT2D eigenvalue weighted by Gasteiger charge is 2.04. The summed E-state index contributed by atoms with van der Waals surface area (Å²) in [5.41, 5.74) is 0.998. The smallest absolute Gasteiger partial charge is 0.147 e. The summed E-state index contributed by atoms with van der Waals surface area (Å²) in [6, 6.07) is 0. The van der Waals surface area contributed by atoms with E-state index in [4.69, 9.17) is 0 Å². The van der Waals surface area contributed by atoms with Crippen LogP contribution >= 0.6 is 0 Å². The van der Waals surface area contributed by atoms with Gasteiger partial charge < -0.3 is 15.1 Å². The monoisotopic (exact) mass is 251 g/mol. The topological polar surface area (TPSA) is 44.3 Å². The van der Waals surface area contributed by atoms with Crippen LogP contribution in [0.5, 0.6) is 0 Å². The fraction of sp³-hybridized carbons (Fsp3) is 0.692. The van der Waals surface area contributed by atoms with Gasteiger partial charge in [0, 0.05) is 32.9 Å². The summed E-state index contributed by atoms with van der Waals surface area (Å²) in [5.74, 6) is 0.938. The van der Waals surface area contributed by atoms with Crippen molar-refractivity contribution in [2.24, 2.45) is 0 Å². The number of nitrogens with zero attached hydrogens (tertiary/aromatic N) is 4. The minimum Gasteiger partial charge on any atom is -0.357 e. The highest BCUT2D eigenvalue weighted by atomic mass is 15.2. The lowest BCUT2D eigenvalue weighted by Gasteiger charge is -2.20. The molecule has 0 spiro atoms. The van der Waals surface area contributed by atoms with Crippen LogP contribution in [0.3, 0.4) is 0 Å². The molecule has 0 aliphatic heterocycles. The van der Waals surface area contributed by atoms with Gasteiger partial charge in [-0.2, -0.15) is 0 Å². The van der Waals surface area contributed by atoms with E-state index in [9.17, 15) is 0 Å². The van der Waals surface area contributed by atoms with Crippen molar-refractivity contribution in [1.29, 1.82) is 0 Å². The Hall–Kier alpha value is -1.20. The van der Waals surface area contributed by atoms with E-state index < -0.39 is 0 Å². The largest absolute Gasteiger partial charge is 0.357 e. The predicted molar refractivity (Wildman–Crippen MR) is 75.9 cm³/mol. The van der Waals surface area contributed by atoms with Crippen molar-refractivity contribution in [1.82, 2.24) is 20.2 Å². The van der Waals surface area contributed by atoms with Crippen molar-refractivity contribution < 1.29 is 0 Å². The third-order valence-electron chi connectivity index (χ3n) is 2.68. The summed E-state index contributed by atoms with van der Waals surface area (Å²) in [7, 11) is 6.20. The summed E-state index contributed by atoms with van der Waals surface area (Å²) in [6.07, 6.45) is 4.78. The molecular weight excluding hydrogens is 226 g/mol. The molecule has 5 nitrogen and oxygen atoms in total. The number of hydrogen-bond acceptors (Lipinski definition) is 5. The molecule has 1 rings (SSSR count). The quantitative estimate of drug-likeness (QED) is 0.698. The first-order chi connectivity index (χ1) is 8.63. The Morgan fingerprint density at radius 3 is 2.61 bits per heavy atom. The summed E-state index contributed by atoms with van der Waals surface area (Å²) in [4.78, 5) is 13.2. The van der Waals surface area contributed by atoms with Crippen molar-refractivity contribution in [2.75, 3.05) is 45.7 Å². The third kappa shape index (κ3) is 5.42. The lowest BCUT2D eigenvalue weighted by Crippen LogP contribution is -2.29. The maximum Gasteiger partial charge on any atom is 0.147 e. The van der Waals surface area contributed by atoms with E-state index in [0.29, 0.717) is 0 Å². The lowest BCUT2D eigenvalue weighted by molar-refractivity contribution is 0.416. The SMILES string of the molecule is CCCNCc1cncc(N(C)CCN(C)C)n1. The molecule has 0 aromatic carbocycles. The Labute approximate surface area is 110 Å². The number of rotatable bonds is 8. The first-order valence-electron chi connectivity index (χ1n) is 6.51. The van der Waals surface area contributed by atoms with Crippen LogP contribution in [0, 0.1) is 0 Å². The molecule has 0 radical (unpaired) electrons. The number of hydrogen-bond donors (Lipinski definition) is 1. The van der Waals surface area contributed by atoms with Crippen LogP contribution in [0.2, 0.25) is 0 Å². The van der Waals surface area contributed by atoms with Crippen molar-refractivity contribution >= 4 is 5.82 Å². The molecule has 0 unspecified atom stereocenters. The summed E-state index contributed by atoms with van der Waals surface area (Å²) >= 11 is 0. The van der Waals surface area contributed by atoms with Gasteiger partial charge >= 0.3 is 0 Å². The average Bonchev–Trinajstić information content (AvgIpc) is 2.36. The van der Waals surface area contributed by atoms with E-state index in [-0.39, 0.29) is 0 Å². The Bertz CT molecular complexity index is 340. The number of aromatic nitrogens is 2. The normalized spacial score (nSPS) is 10.9. The van der Waals surface area contributed by atoms with E-state index in [0.717, 1.165) is 44.1 Å². The highest BCUT2D eigenvalue weighted by molar-refractivity contribution is 5.34. The maximum atomic E-state index is 4.60. The van der Waals surface area contributed by atoms with Gasteiger partial charge in [-0.3, -0.25) is 4.98 Å². The van der Waals surface area contributed by atoms with Crippen LogP contribution in [-0.2, 0) is 6.54 Å². The molecule has 1 aromatic heterocycles. The minimum atomic E-state index is 0.788. The Kier molecular flexibility index (Phi) is 6.60. The minimum absolute atomic E-state index is 0.788. The second-order valence-electron chi connectivity index (χ2n) is 4.77. The summed E-state index contributed by atoms with van der Waals surface area (Å²) < 4.78 is 0. The third-order valence-corrected chi connectivity index (χ3v) is 2.68. The Balaban J connectivity index is 2.52. The zero-order chi connectivity index (χ0) is 13.4. The van der Waals surface area contributed by atoms with Crippen molar-refractivity contribution in [3.05, 3.63) is 18.1 Å². The van der Waals surface area contributed by atoms with Crippen LogP contribution in [-0.4, -0.2) is 55.6 Å². The van der Waals surface area contributed by atoms with Gasteiger partial charge in [0.1, 0.15) is 5.82 Å². The van der Waals surface area contributed by atoms with Crippen molar-refractivity contribution in [2.45, 2.75) is 19.9 Å². The summed E-state index contributed by atoms with van der Waals surface area (Å²) in [6.45, 7) is 5.92. The molecule has 1 heterocycles. The molecule has 0 aliphatic rings. The van der Waals surface area contributed by atoms with E-state index in [1.807, 2.05) is 12.4 Å². The van der Waals surface area contributed by atoms with E-state index in [1.54, 1.807) is 0 Å². The maximum absolute atomic E-state index is 4.60. The van der Waals surface area contributed by atoms with Gasteiger partial charge in [0.25, 0.3) is 0 Å². The van der Waals surface area contributed by atoms with Crippen LogP contribution in [0.15, 0.2) is 12.4 Å². The molecule has 0 bridgehead atoms. The number of anilines is 1. The molecule has 0 saturated carbocycles. The molecular formula is C13H25N5. The molecule has 0 fully saturated rings. The van der Waals surface area contributed by atoms with Gasteiger partial charge in [-0.05, 0) is 27.1 Å². The van der Waals surface area contributed by atoms with Gasteiger partial charge in [-0.15, -0.1) is 0 Å². The van der Waals surface area contributed by atoms with Crippen LogP contribution in [0.1, 0.15) is 19.0 Å². The van der Waals surface area contributed by atoms with Gasteiger partial charge in [-0.1, -0.05) is 6.92 Å². The summed E-state index contributed by atoms with van der Waals surface area (Å²) in [5, 5.41) is 3.34. The molecule has 0 saturated heterocycles. The fourth-order valence-corrected chi connectivity index (χ4v) is 1.52. The molecule has 0 atom stereocenters. The van der Waals surface area contributed by atoms with E-state index in [1.165, 1.54) is 0 Å². The second kappa shape index (κ2) is 8.00. The van der Waals surface area contributed by atoms with Crippen LogP contribution < -0.4 is 10.2 Å².